The first-order valence-electron chi connectivity index (χ1n) is 8.21. The zero-order valence-electron chi connectivity index (χ0n) is 14.4. The lowest BCUT2D eigenvalue weighted by atomic mass is 10.1. The van der Waals surface area contributed by atoms with Crippen LogP contribution in [0.25, 0.3) is 0 Å². The fourth-order valence-electron chi connectivity index (χ4n) is 2.99. The van der Waals surface area contributed by atoms with Gasteiger partial charge in [-0.15, -0.1) is 0 Å². The second-order valence-corrected chi connectivity index (χ2v) is 6.15. The fourth-order valence-corrected chi connectivity index (χ4v) is 2.99. The Hall–Kier alpha value is -3.03. The number of halogens is 3. The van der Waals surface area contributed by atoms with E-state index in [1.807, 2.05) is 0 Å². The summed E-state index contributed by atoms with van der Waals surface area (Å²) in [5.41, 5.74) is -0.254. The standard InChI is InChI=1S/C19H17F3N2O3/c1-27-16-8-3-2-7-15(16)24-11-12(9-17(24)25)18(26)23-14-6-4-5-13(10-14)19(20,21)22/h2-8,10,12H,9,11H2,1H3,(H,23,26). The van der Waals surface area contributed by atoms with Gasteiger partial charge in [-0.3, -0.25) is 9.59 Å². The minimum atomic E-state index is -4.50. The molecule has 1 aliphatic rings. The van der Waals surface area contributed by atoms with Gasteiger partial charge in [0.1, 0.15) is 5.75 Å². The van der Waals surface area contributed by atoms with E-state index in [-0.39, 0.29) is 24.6 Å². The van der Waals surface area contributed by atoms with Crippen molar-refractivity contribution in [1.82, 2.24) is 0 Å². The van der Waals surface area contributed by atoms with Gasteiger partial charge in [-0.2, -0.15) is 13.2 Å². The lowest BCUT2D eigenvalue weighted by molar-refractivity contribution is -0.137. The largest absolute Gasteiger partial charge is 0.495 e. The van der Waals surface area contributed by atoms with Crippen molar-refractivity contribution in [2.75, 3.05) is 23.9 Å². The molecular weight excluding hydrogens is 361 g/mol. The Morgan fingerprint density at radius 1 is 1.19 bits per heavy atom. The van der Waals surface area contributed by atoms with E-state index in [9.17, 15) is 22.8 Å². The van der Waals surface area contributed by atoms with E-state index < -0.39 is 23.6 Å². The van der Waals surface area contributed by atoms with Crippen molar-refractivity contribution in [2.24, 2.45) is 5.92 Å². The van der Waals surface area contributed by atoms with Crippen LogP contribution in [-0.4, -0.2) is 25.5 Å². The number of carbonyl (C=O) groups is 2. The van der Waals surface area contributed by atoms with Gasteiger partial charge in [0.25, 0.3) is 0 Å². The first kappa shape index (κ1) is 18.8. The number of nitrogens with one attached hydrogen (secondary N) is 1. The SMILES string of the molecule is COc1ccccc1N1CC(C(=O)Nc2cccc(C(F)(F)F)c2)CC1=O. The highest BCUT2D eigenvalue weighted by atomic mass is 19.4. The monoisotopic (exact) mass is 378 g/mol. The van der Waals surface area contributed by atoms with Crippen molar-refractivity contribution in [2.45, 2.75) is 12.6 Å². The first-order valence-corrected chi connectivity index (χ1v) is 8.21. The molecule has 5 nitrogen and oxygen atoms in total. The maximum Gasteiger partial charge on any atom is 0.416 e. The Labute approximate surface area is 153 Å². The summed E-state index contributed by atoms with van der Waals surface area (Å²) in [6.45, 7) is 0.129. The zero-order chi connectivity index (χ0) is 19.6. The summed E-state index contributed by atoms with van der Waals surface area (Å²) in [7, 11) is 1.48. The molecule has 2 aromatic carbocycles. The molecule has 0 aromatic heterocycles. The number of alkyl halides is 3. The van der Waals surface area contributed by atoms with Gasteiger partial charge in [0.2, 0.25) is 11.8 Å². The van der Waals surface area contributed by atoms with Crippen LogP contribution in [0.15, 0.2) is 48.5 Å². The molecular formula is C19H17F3N2O3. The van der Waals surface area contributed by atoms with Crippen LogP contribution in [0, 0.1) is 5.92 Å². The fraction of sp³-hybridized carbons (Fsp3) is 0.263. The Bertz CT molecular complexity index is 867. The molecule has 27 heavy (non-hydrogen) atoms. The van der Waals surface area contributed by atoms with Crippen LogP contribution < -0.4 is 15.0 Å². The number of rotatable bonds is 4. The van der Waals surface area contributed by atoms with E-state index in [0.717, 1.165) is 12.1 Å². The molecule has 1 fully saturated rings. The topological polar surface area (TPSA) is 58.6 Å². The molecule has 1 aliphatic heterocycles. The zero-order valence-corrected chi connectivity index (χ0v) is 14.4. The summed E-state index contributed by atoms with van der Waals surface area (Å²) >= 11 is 0. The summed E-state index contributed by atoms with van der Waals surface area (Å²) < 4.78 is 43.6. The molecule has 1 saturated heterocycles. The molecule has 2 amide bonds. The molecule has 1 unspecified atom stereocenters. The number of hydrogen-bond donors (Lipinski definition) is 1. The van der Waals surface area contributed by atoms with Crippen LogP contribution in [0.2, 0.25) is 0 Å². The van der Waals surface area contributed by atoms with Crippen molar-refractivity contribution in [3.63, 3.8) is 0 Å². The number of methoxy groups -OCH3 is 1. The molecule has 142 valence electrons. The lowest BCUT2D eigenvalue weighted by Gasteiger charge is -2.19. The third-order valence-electron chi connectivity index (χ3n) is 4.33. The van der Waals surface area contributed by atoms with Gasteiger partial charge in [-0.05, 0) is 30.3 Å². The minimum Gasteiger partial charge on any atom is -0.495 e. The van der Waals surface area contributed by atoms with Crippen molar-refractivity contribution in [3.8, 4) is 5.75 Å². The number of hydrogen-bond acceptors (Lipinski definition) is 3. The number of amides is 2. The summed E-state index contributed by atoms with van der Waals surface area (Å²) in [5, 5.41) is 2.47. The van der Waals surface area contributed by atoms with Crippen LogP contribution >= 0.6 is 0 Å². The number of nitrogens with zero attached hydrogens (tertiary/aromatic N) is 1. The van der Waals surface area contributed by atoms with E-state index in [0.29, 0.717) is 11.4 Å². The molecule has 2 aromatic rings. The van der Waals surface area contributed by atoms with Gasteiger partial charge in [0.15, 0.2) is 0 Å². The number of benzene rings is 2. The van der Waals surface area contributed by atoms with Gasteiger partial charge in [-0.1, -0.05) is 18.2 Å². The van der Waals surface area contributed by atoms with E-state index in [4.69, 9.17) is 4.74 Å². The van der Waals surface area contributed by atoms with Crippen LogP contribution in [0.1, 0.15) is 12.0 Å². The molecule has 1 atom stereocenters. The molecule has 0 saturated carbocycles. The molecule has 0 spiro atoms. The van der Waals surface area contributed by atoms with Crippen LogP contribution in [0.5, 0.6) is 5.75 Å². The smallest absolute Gasteiger partial charge is 0.416 e. The number of anilines is 2. The second-order valence-electron chi connectivity index (χ2n) is 6.15. The third kappa shape index (κ3) is 4.05. The maximum atomic E-state index is 12.8. The van der Waals surface area contributed by atoms with Crippen molar-refractivity contribution in [1.29, 1.82) is 0 Å². The van der Waals surface area contributed by atoms with Crippen molar-refractivity contribution < 1.29 is 27.5 Å². The molecule has 0 radical (unpaired) electrons. The van der Waals surface area contributed by atoms with Crippen molar-refractivity contribution >= 4 is 23.2 Å². The highest BCUT2D eigenvalue weighted by Crippen LogP contribution is 2.34. The van der Waals surface area contributed by atoms with Gasteiger partial charge >= 0.3 is 6.18 Å². The Morgan fingerprint density at radius 3 is 2.63 bits per heavy atom. The molecule has 8 heteroatoms. The summed E-state index contributed by atoms with van der Waals surface area (Å²) in [5.74, 6) is -0.912. The average Bonchev–Trinajstić information content (AvgIpc) is 3.03. The highest BCUT2D eigenvalue weighted by Gasteiger charge is 2.36. The molecule has 1 N–H and O–H groups in total. The van der Waals surface area contributed by atoms with Crippen LogP contribution in [0.4, 0.5) is 24.5 Å². The number of ether oxygens (including phenoxy) is 1. The van der Waals surface area contributed by atoms with E-state index in [1.165, 1.54) is 24.1 Å². The summed E-state index contributed by atoms with van der Waals surface area (Å²) in [4.78, 5) is 26.2. The summed E-state index contributed by atoms with van der Waals surface area (Å²) in [6, 6.07) is 11.3. The van der Waals surface area contributed by atoms with E-state index >= 15 is 0 Å². The Kier molecular flexibility index (Phi) is 5.07. The lowest BCUT2D eigenvalue weighted by Crippen LogP contribution is -2.28. The molecule has 3 rings (SSSR count). The maximum absolute atomic E-state index is 12.8. The van der Waals surface area contributed by atoms with Gasteiger partial charge in [0.05, 0.1) is 24.3 Å². The van der Waals surface area contributed by atoms with Gasteiger partial charge in [-0.25, -0.2) is 0 Å². The first-order chi connectivity index (χ1) is 12.8. The van der Waals surface area contributed by atoms with E-state index in [1.54, 1.807) is 24.3 Å². The van der Waals surface area contributed by atoms with Gasteiger partial charge < -0.3 is 15.0 Å². The van der Waals surface area contributed by atoms with Crippen molar-refractivity contribution in [3.05, 3.63) is 54.1 Å². The average molecular weight is 378 g/mol. The second kappa shape index (κ2) is 7.30. The van der Waals surface area contributed by atoms with Crippen LogP contribution in [-0.2, 0) is 15.8 Å². The predicted molar refractivity (Wildman–Crippen MR) is 93.5 cm³/mol. The van der Waals surface area contributed by atoms with Crippen LogP contribution in [0.3, 0.4) is 0 Å². The predicted octanol–water partition coefficient (Wildman–Crippen LogP) is 3.71. The Morgan fingerprint density at radius 2 is 1.93 bits per heavy atom. The highest BCUT2D eigenvalue weighted by molar-refractivity contribution is 6.04. The molecule has 0 bridgehead atoms. The third-order valence-corrected chi connectivity index (χ3v) is 4.33. The minimum absolute atomic E-state index is 0.0250. The quantitative estimate of drug-likeness (QED) is 0.883. The normalized spacial score (nSPS) is 17.1. The number of carbonyl (C=O) groups excluding carboxylic acids is 2. The van der Waals surface area contributed by atoms with E-state index in [2.05, 4.69) is 5.32 Å². The molecule has 0 aliphatic carbocycles. The van der Waals surface area contributed by atoms with Gasteiger partial charge in [0, 0.05) is 18.7 Å². The summed E-state index contributed by atoms with van der Waals surface area (Å²) in [6.07, 6.45) is -4.52. The molecule has 1 heterocycles. The Balaban J connectivity index is 1.73. The number of para-hydroxylation sites is 2.